The maximum absolute atomic E-state index is 7.70. The number of nitrogens with one attached hydrogen (secondary N) is 2. The number of aromatic nitrogens is 2. The second-order valence-corrected chi connectivity index (χ2v) is 3.31. The van der Waals surface area contributed by atoms with E-state index in [9.17, 15) is 0 Å². The van der Waals surface area contributed by atoms with E-state index < -0.39 is 0 Å². The molecule has 0 aromatic carbocycles. The minimum atomic E-state index is 0.0865. The summed E-state index contributed by atoms with van der Waals surface area (Å²) in [5, 5.41) is 19.3. The van der Waals surface area contributed by atoms with E-state index in [1.165, 1.54) is 4.68 Å². The first-order valence-corrected chi connectivity index (χ1v) is 4.22. The summed E-state index contributed by atoms with van der Waals surface area (Å²) < 4.78 is 1.36. The molecule has 1 rings (SSSR count). The van der Waals surface area contributed by atoms with Gasteiger partial charge in [-0.2, -0.15) is 5.10 Å². The van der Waals surface area contributed by atoms with Crippen molar-refractivity contribution in [2.24, 2.45) is 5.92 Å². The molecule has 1 aromatic heterocycles. The first-order chi connectivity index (χ1) is 6.04. The van der Waals surface area contributed by atoms with Crippen molar-refractivity contribution in [3.8, 4) is 0 Å². The first-order valence-electron chi connectivity index (χ1n) is 4.22. The summed E-state index contributed by atoms with van der Waals surface area (Å²) in [5.74, 6) is 0.442. The largest absolute Gasteiger partial charge is 0.286 e. The summed E-state index contributed by atoms with van der Waals surface area (Å²) >= 11 is 0. The van der Waals surface area contributed by atoms with Crippen LogP contribution < -0.4 is 5.49 Å². The van der Waals surface area contributed by atoms with E-state index in [-0.39, 0.29) is 5.92 Å². The molecule has 0 radical (unpaired) electrons. The van der Waals surface area contributed by atoms with Crippen molar-refractivity contribution in [1.29, 1.82) is 10.8 Å². The lowest BCUT2D eigenvalue weighted by molar-refractivity contribution is 0.723. The van der Waals surface area contributed by atoms with Gasteiger partial charge in [-0.3, -0.25) is 10.8 Å². The van der Waals surface area contributed by atoms with Gasteiger partial charge < -0.3 is 0 Å². The third kappa shape index (κ3) is 1.83. The first kappa shape index (κ1) is 9.64. The molecule has 0 bridgehead atoms. The minimum Gasteiger partial charge on any atom is -0.286 e. The zero-order valence-corrected chi connectivity index (χ0v) is 8.13. The van der Waals surface area contributed by atoms with E-state index in [1.807, 2.05) is 20.8 Å². The number of hydrogen-bond donors (Lipinski definition) is 2. The predicted octanol–water partition coefficient (Wildman–Crippen LogP) is 1.15. The molecule has 0 aliphatic heterocycles. The monoisotopic (exact) mass is 178 g/mol. The van der Waals surface area contributed by atoms with Crippen molar-refractivity contribution in [3.63, 3.8) is 0 Å². The molecular weight excluding hydrogens is 164 g/mol. The van der Waals surface area contributed by atoms with Gasteiger partial charge in [0, 0.05) is 12.1 Å². The van der Waals surface area contributed by atoms with Crippen molar-refractivity contribution in [2.45, 2.75) is 20.8 Å². The Morgan fingerprint density at radius 2 is 2.15 bits per heavy atom. The van der Waals surface area contributed by atoms with Crippen molar-refractivity contribution in [2.75, 3.05) is 0 Å². The van der Waals surface area contributed by atoms with Crippen molar-refractivity contribution in [1.82, 2.24) is 9.78 Å². The van der Waals surface area contributed by atoms with Gasteiger partial charge in [0.25, 0.3) is 0 Å². The molecule has 0 saturated carbocycles. The summed E-state index contributed by atoms with van der Waals surface area (Å²) in [5.41, 5.74) is 1.13. The summed E-state index contributed by atoms with van der Waals surface area (Å²) in [6, 6.07) is 1.77. The maximum atomic E-state index is 7.70. The second-order valence-electron chi connectivity index (χ2n) is 3.31. The zero-order valence-electron chi connectivity index (χ0n) is 8.13. The third-order valence-electron chi connectivity index (χ3n) is 1.87. The van der Waals surface area contributed by atoms with Gasteiger partial charge in [0.1, 0.15) is 5.84 Å². The fourth-order valence-corrected chi connectivity index (χ4v) is 0.943. The Hall–Kier alpha value is -1.45. The van der Waals surface area contributed by atoms with Gasteiger partial charge in [0.15, 0.2) is 5.49 Å². The Morgan fingerprint density at radius 1 is 1.54 bits per heavy atom. The van der Waals surface area contributed by atoms with E-state index in [1.54, 1.807) is 12.3 Å². The predicted molar refractivity (Wildman–Crippen MR) is 50.8 cm³/mol. The highest BCUT2D eigenvalue weighted by Gasteiger charge is 2.07. The fourth-order valence-electron chi connectivity index (χ4n) is 0.943. The molecule has 0 saturated heterocycles. The van der Waals surface area contributed by atoms with Crippen LogP contribution in [0.25, 0.3) is 0 Å². The number of rotatable bonds is 1. The van der Waals surface area contributed by atoms with Crippen LogP contribution in [0.1, 0.15) is 19.4 Å². The maximum Gasteiger partial charge on any atom is 0.151 e. The molecule has 4 heteroatoms. The molecule has 0 aliphatic carbocycles. The van der Waals surface area contributed by atoms with E-state index in [4.69, 9.17) is 10.8 Å². The number of hydrogen-bond acceptors (Lipinski definition) is 3. The Kier molecular flexibility index (Phi) is 2.60. The molecule has 0 unspecified atom stereocenters. The Balaban J connectivity index is 3.24. The minimum absolute atomic E-state index is 0.0865. The molecule has 0 aliphatic rings. The molecule has 2 N–H and O–H groups in total. The smallest absolute Gasteiger partial charge is 0.151 e. The van der Waals surface area contributed by atoms with Gasteiger partial charge in [0.2, 0.25) is 0 Å². The Bertz CT molecular complexity index is 375. The topological polar surface area (TPSA) is 65.5 Å². The van der Waals surface area contributed by atoms with E-state index in [0.29, 0.717) is 11.3 Å². The van der Waals surface area contributed by atoms with E-state index >= 15 is 0 Å². The number of aryl methyl sites for hydroxylation is 1. The lowest BCUT2D eigenvalue weighted by atomic mass is 10.2. The standard InChI is InChI=1S/C9H14N4/c1-6(2)8(10)13-9(11)7(3)4-5-12-13/h4-6,10-11H,1-3H3. The van der Waals surface area contributed by atoms with Gasteiger partial charge >= 0.3 is 0 Å². The molecule has 0 amide bonds. The zero-order chi connectivity index (χ0) is 10.0. The van der Waals surface area contributed by atoms with Crippen LogP contribution in [0.2, 0.25) is 0 Å². The van der Waals surface area contributed by atoms with Crippen LogP contribution in [0, 0.1) is 23.7 Å². The van der Waals surface area contributed by atoms with Crippen LogP contribution in [0.15, 0.2) is 12.3 Å². The average Bonchev–Trinajstić information content (AvgIpc) is 2.08. The van der Waals surface area contributed by atoms with E-state index in [0.717, 1.165) is 5.56 Å². The van der Waals surface area contributed by atoms with Crippen LogP contribution in [0.3, 0.4) is 0 Å². The molecular formula is C9H14N4. The Labute approximate surface area is 77.2 Å². The van der Waals surface area contributed by atoms with Crippen molar-refractivity contribution < 1.29 is 0 Å². The van der Waals surface area contributed by atoms with E-state index in [2.05, 4.69) is 5.10 Å². The normalized spacial score (nSPS) is 10.5. The van der Waals surface area contributed by atoms with Crippen molar-refractivity contribution >= 4 is 5.84 Å². The lowest BCUT2D eigenvalue weighted by Crippen LogP contribution is -2.33. The van der Waals surface area contributed by atoms with Gasteiger partial charge in [-0.15, -0.1) is 0 Å². The summed E-state index contributed by atoms with van der Waals surface area (Å²) in [6.07, 6.45) is 1.62. The van der Waals surface area contributed by atoms with Crippen LogP contribution in [-0.4, -0.2) is 15.6 Å². The summed E-state index contributed by atoms with van der Waals surface area (Å²) in [7, 11) is 0. The highest BCUT2D eigenvalue weighted by Crippen LogP contribution is 1.95. The van der Waals surface area contributed by atoms with Crippen LogP contribution in [0.5, 0.6) is 0 Å². The van der Waals surface area contributed by atoms with Gasteiger partial charge in [-0.05, 0) is 18.6 Å². The molecule has 0 spiro atoms. The van der Waals surface area contributed by atoms with Gasteiger partial charge in [-0.1, -0.05) is 13.8 Å². The second kappa shape index (κ2) is 3.51. The van der Waals surface area contributed by atoms with Crippen LogP contribution >= 0.6 is 0 Å². The SMILES string of the molecule is Cc1ccnn(C(=N)C(C)C)c1=N. The fraction of sp³-hybridized carbons (Fsp3) is 0.444. The highest BCUT2D eigenvalue weighted by molar-refractivity contribution is 5.82. The molecule has 13 heavy (non-hydrogen) atoms. The molecule has 1 heterocycles. The third-order valence-corrected chi connectivity index (χ3v) is 1.87. The summed E-state index contributed by atoms with van der Waals surface area (Å²) in [6.45, 7) is 5.67. The average molecular weight is 178 g/mol. The van der Waals surface area contributed by atoms with Gasteiger partial charge in [-0.25, -0.2) is 4.68 Å². The lowest BCUT2D eigenvalue weighted by Gasteiger charge is -2.10. The van der Waals surface area contributed by atoms with Crippen LogP contribution in [-0.2, 0) is 0 Å². The molecule has 70 valence electrons. The number of nitrogens with zero attached hydrogens (tertiary/aromatic N) is 2. The van der Waals surface area contributed by atoms with Crippen LogP contribution in [0.4, 0.5) is 0 Å². The molecule has 1 aromatic rings. The molecule has 0 fully saturated rings. The molecule has 4 nitrogen and oxygen atoms in total. The highest BCUT2D eigenvalue weighted by atomic mass is 15.3. The molecule has 0 atom stereocenters. The summed E-state index contributed by atoms with van der Waals surface area (Å²) in [4.78, 5) is 0. The Morgan fingerprint density at radius 3 is 2.69 bits per heavy atom. The van der Waals surface area contributed by atoms with Crippen molar-refractivity contribution in [3.05, 3.63) is 23.3 Å². The quantitative estimate of drug-likeness (QED) is 0.491. The van der Waals surface area contributed by atoms with Gasteiger partial charge in [0.05, 0.1) is 0 Å².